The first-order valence-electron chi connectivity index (χ1n) is 6.25. The summed E-state index contributed by atoms with van der Waals surface area (Å²) in [6, 6.07) is 6.26. The van der Waals surface area contributed by atoms with Gasteiger partial charge in [0.05, 0.1) is 13.5 Å². The Morgan fingerprint density at radius 1 is 1.47 bits per heavy atom. The first-order chi connectivity index (χ1) is 9.04. The highest BCUT2D eigenvalue weighted by atomic mass is 35.5. The number of nitrogens with one attached hydrogen (secondary N) is 1. The van der Waals surface area contributed by atoms with Crippen LogP contribution in [0.5, 0.6) is 0 Å². The fraction of sp³-hybridized carbons (Fsp3) is 0.500. The van der Waals surface area contributed by atoms with Crippen LogP contribution in [0.25, 0.3) is 0 Å². The van der Waals surface area contributed by atoms with Crippen molar-refractivity contribution in [1.82, 2.24) is 5.32 Å². The Hall–Kier alpha value is -0.710. The number of methoxy groups -OCH3 is 1. The van der Waals surface area contributed by atoms with Gasteiger partial charge in [0.2, 0.25) is 0 Å². The van der Waals surface area contributed by atoms with Gasteiger partial charge in [-0.3, -0.25) is 4.79 Å². The summed E-state index contributed by atoms with van der Waals surface area (Å²) >= 11 is 7.87. The SMILES string of the molecule is COC(=O)CCSc1cccc(Cl)c1CNC(C)C. The number of carbonyl (C=O) groups is 1. The highest BCUT2D eigenvalue weighted by Crippen LogP contribution is 2.29. The molecular weight excluding hydrogens is 282 g/mol. The van der Waals surface area contributed by atoms with Gasteiger partial charge in [0.25, 0.3) is 0 Å². The second-order valence-corrected chi connectivity index (χ2v) is 5.97. The number of carbonyl (C=O) groups excluding carboxylic acids is 1. The normalized spacial score (nSPS) is 10.8. The fourth-order valence-electron chi connectivity index (χ4n) is 1.50. The Kier molecular flexibility index (Phi) is 7.28. The number of benzene rings is 1. The summed E-state index contributed by atoms with van der Waals surface area (Å²) in [6.45, 7) is 4.93. The van der Waals surface area contributed by atoms with E-state index in [2.05, 4.69) is 23.9 Å². The Morgan fingerprint density at radius 2 is 2.21 bits per heavy atom. The average molecular weight is 302 g/mol. The van der Waals surface area contributed by atoms with Crippen LogP contribution < -0.4 is 5.32 Å². The van der Waals surface area contributed by atoms with Crippen molar-refractivity contribution in [2.45, 2.75) is 37.8 Å². The lowest BCUT2D eigenvalue weighted by molar-refractivity contribution is -0.140. The summed E-state index contributed by atoms with van der Waals surface area (Å²) in [7, 11) is 1.41. The summed E-state index contributed by atoms with van der Waals surface area (Å²) in [5, 5.41) is 4.12. The second kappa shape index (κ2) is 8.46. The van der Waals surface area contributed by atoms with Crippen LogP contribution in [0.1, 0.15) is 25.8 Å². The number of ether oxygens (including phenoxy) is 1. The van der Waals surface area contributed by atoms with Crippen LogP contribution in [0.3, 0.4) is 0 Å². The largest absolute Gasteiger partial charge is 0.469 e. The van der Waals surface area contributed by atoms with Crippen LogP contribution in [0.4, 0.5) is 0 Å². The molecule has 0 fully saturated rings. The molecule has 1 aromatic carbocycles. The molecule has 0 saturated carbocycles. The van der Waals surface area contributed by atoms with E-state index in [4.69, 9.17) is 11.6 Å². The van der Waals surface area contributed by atoms with Gasteiger partial charge < -0.3 is 10.1 Å². The van der Waals surface area contributed by atoms with Gasteiger partial charge in [-0.15, -0.1) is 11.8 Å². The third-order valence-electron chi connectivity index (χ3n) is 2.55. The van der Waals surface area contributed by atoms with Crippen LogP contribution in [-0.4, -0.2) is 24.9 Å². The highest BCUT2D eigenvalue weighted by Gasteiger charge is 2.09. The summed E-state index contributed by atoms with van der Waals surface area (Å²) in [5.41, 5.74) is 1.09. The molecule has 0 aliphatic heterocycles. The molecule has 19 heavy (non-hydrogen) atoms. The van der Waals surface area contributed by atoms with E-state index >= 15 is 0 Å². The average Bonchev–Trinajstić information content (AvgIpc) is 2.37. The smallest absolute Gasteiger partial charge is 0.306 e. The third-order valence-corrected chi connectivity index (χ3v) is 4.01. The predicted octanol–water partition coefficient (Wildman–Crippen LogP) is 3.49. The molecule has 5 heteroatoms. The van der Waals surface area contributed by atoms with E-state index in [-0.39, 0.29) is 5.97 Å². The Morgan fingerprint density at radius 3 is 2.84 bits per heavy atom. The maximum Gasteiger partial charge on any atom is 0.306 e. The zero-order chi connectivity index (χ0) is 14.3. The first-order valence-corrected chi connectivity index (χ1v) is 7.61. The molecule has 3 nitrogen and oxygen atoms in total. The summed E-state index contributed by atoms with van der Waals surface area (Å²) < 4.78 is 4.63. The quantitative estimate of drug-likeness (QED) is 0.618. The molecule has 0 radical (unpaired) electrons. The molecule has 1 rings (SSSR count). The second-order valence-electron chi connectivity index (χ2n) is 4.43. The van der Waals surface area contributed by atoms with Crippen molar-refractivity contribution < 1.29 is 9.53 Å². The first kappa shape index (κ1) is 16.3. The molecule has 0 aliphatic rings. The van der Waals surface area contributed by atoms with Crippen LogP contribution in [0.2, 0.25) is 5.02 Å². The van der Waals surface area contributed by atoms with Gasteiger partial charge in [0.1, 0.15) is 0 Å². The summed E-state index contributed by atoms with van der Waals surface area (Å²) in [5.74, 6) is 0.512. The van der Waals surface area contributed by atoms with Crippen LogP contribution >= 0.6 is 23.4 Å². The molecule has 0 amide bonds. The molecule has 0 heterocycles. The Labute approximate surface area is 124 Å². The molecule has 1 aromatic rings. The van der Waals surface area contributed by atoms with E-state index < -0.39 is 0 Å². The van der Waals surface area contributed by atoms with Crippen molar-refractivity contribution in [3.8, 4) is 0 Å². The molecule has 0 bridgehead atoms. The minimum Gasteiger partial charge on any atom is -0.469 e. The van der Waals surface area contributed by atoms with E-state index in [9.17, 15) is 4.79 Å². The minimum atomic E-state index is -0.184. The van der Waals surface area contributed by atoms with Crippen molar-refractivity contribution in [2.24, 2.45) is 0 Å². The third kappa shape index (κ3) is 5.85. The van der Waals surface area contributed by atoms with Gasteiger partial charge in [-0.2, -0.15) is 0 Å². The standard InChI is InChI=1S/C14H20ClNO2S/c1-10(2)16-9-11-12(15)5-4-6-13(11)19-8-7-14(17)18-3/h4-6,10,16H,7-9H2,1-3H3. The molecule has 0 spiro atoms. The lowest BCUT2D eigenvalue weighted by Crippen LogP contribution is -2.22. The van der Waals surface area contributed by atoms with Crippen molar-refractivity contribution >= 4 is 29.3 Å². The minimum absolute atomic E-state index is 0.184. The Bertz CT molecular complexity index is 424. The van der Waals surface area contributed by atoms with E-state index in [0.29, 0.717) is 18.2 Å². The van der Waals surface area contributed by atoms with Crippen molar-refractivity contribution in [2.75, 3.05) is 12.9 Å². The highest BCUT2D eigenvalue weighted by molar-refractivity contribution is 7.99. The van der Waals surface area contributed by atoms with E-state index in [1.165, 1.54) is 7.11 Å². The van der Waals surface area contributed by atoms with Gasteiger partial charge in [-0.25, -0.2) is 0 Å². The van der Waals surface area contributed by atoms with Gasteiger partial charge in [-0.05, 0) is 17.7 Å². The number of rotatable bonds is 7. The Balaban J connectivity index is 2.65. The molecule has 0 aromatic heterocycles. The van der Waals surface area contributed by atoms with Gasteiger partial charge in [0, 0.05) is 28.3 Å². The molecule has 0 aliphatic carbocycles. The summed E-state index contributed by atoms with van der Waals surface area (Å²) in [6.07, 6.45) is 0.407. The number of thioether (sulfide) groups is 1. The maximum atomic E-state index is 11.1. The van der Waals surface area contributed by atoms with Crippen LogP contribution in [-0.2, 0) is 16.1 Å². The topological polar surface area (TPSA) is 38.3 Å². The van der Waals surface area contributed by atoms with Crippen molar-refractivity contribution in [3.05, 3.63) is 28.8 Å². The van der Waals surface area contributed by atoms with Gasteiger partial charge >= 0.3 is 5.97 Å². The lowest BCUT2D eigenvalue weighted by Gasteiger charge is -2.13. The molecular formula is C14H20ClNO2S. The lowest BCUT2D eigenvalue weighted by atomic mass is 10.2. The zero-order valence-electron chi connectivity index (χ0n) is 11.5. The van der Waals surface area contributed by atoms with Crippen molar-refractivity contribution in [1.29, 1.82) is 0 Å². The van der Waals surface area contributed by atoms with Crippen molar-refractivity contribution in [3.63, 3.8) is 0 Å². The fourth-order valence-corrected chi connectivity index (χ4v) is 2.82. The number of hydrogen-bond donors (Lipinski definition) is 1. The summed E-state index contributed by atoms with van der Waals surface area (Å²) in [4.78, 5) is 12.2. The monoisotopic (exact) mass is 301 g/mol. The molecule has 0 atom stereocenters. The molecule has 106 valence electrons. The number of hydrogen-bond acceptors (Lipinski definition) is 4. The zero-order valence-corrected chi connectivity index (χ0v) is 13.1. The predicted molar refractivity (Wildman–Crippen MR) is 80.8 cm³/mol. The van der Waals surface area contributed by atoms with E-state index in [1.54, 1.807) is 11.8 Å². The molecule has 1 N–H and O–H groups in total. The molecule has 0 saturated heterocycles. The number of halogens is 1. The van der Waals surface area contributed by atoms with E-state index in [0.717, 1.165) is 22.0 Å². The maximum absolute atomic E-state index is 11.1. The van der Waals surface area contributed by atoms with Gasteiger partial charge in [0.15, 0.2) is 0 Å². The molecule has 0 unspecified atom stereocenters. The van der Waals surface area contributed by atoms with Gasteiger partial charge in [-0.1, -0.05) is 31.5 Å². The van der Waals surface area contributed by atoms with Crippen LogP contribution in [0, 0.1) is 0 Å². The number of esters is 1. The van der Waals surface area contributed by atoms with E-state index in [1.807, 2.05) is 18.2 Å². The van der Waals surface area contributed by atoms with Crippen LogP contribution in [0.15, 0.2) is 23.1 Å².